The molecule has 4 rings (SSSR count). The first-order chi connectivity index (χ1) is 19.5. The molecule has 2 aliphatic rings. The Morgan fingerprint density at radius 1 is 1.10 bits per heavy atom. The van der Waals surface area contributed by atoms with Crippen LogP contribution in [0.15, 0.2) is 34.7 Å². The Labute approximate surface area is 251 Å². The Hall–Kier alpha value is -2.43. The van der Waals surface area contributed by atoms with Gasteiger partial charge in [-0.1, -0.05) is 63.4 Å². The summed E-state index contributed by atoms with van der Waals surface area (Å²) in [5, 5.41) is 6.74. The Balaban J connectivity index is 1.58. The molecule has 1 saturated carbocycles. The molecule has 1 aromatic carbocycles. The van der Waals surface area contributed by atoms with Crippen molar-refractivity contribution in [3.05, 3.63) is 30.3 Å². The molecule has 2 heterocycles. The molecule has 2 aromatic rings. The van der Waals surface area contributed by atoms with Crippen molar-refractivity contribution in [1.29, 1.82) is 0 Å². The summed E-state index contributed by atoms with van der Waals surface area (Å²) in [5.74, 6) is -0.592. The third kappa shape index (κ3) is 7.51. The van der Waals surface area contributed by atoms with Crippen LogP contribution in [0.3, 0.4) is 0 Å². The number of hydrogen-bond donors (Lipinski definition) is 3. The molecule has 8 nitrogen and oxygen atoms in total. The molecule has 10 heteroatoms. The summed E-state index contributed by atoms with van der Waals surface area (Å²) >= 11 is 0.174. The van der Waals surface area contributed by atoms with E-state index in [1.807, 2.05) is 65.0 Å². The van der Waals surface area contributed by atoms with Gasteiger partial charge < -0.3 is 15.5 Å². The lowest BCUT2D eigenvalue weighted by Crippen LogP contribution is -2.56. The Morgan fingerprint density at radius 2 is 1.78 bits per heavy atom. The molecule has 224 valence electrons. The fourth-order valence-electron chi connectivity index (χ4n) is 5.53. The average molecular weight is 602 g/mol. The van der Waals surface area contributed by atoms with Gasteiger partial charge in [0.15, 0.2) is 4.75 Å². The van der Waals surface area contributed by atoms with Gasteiger partial charge in [-0.25, -0.2) is 0 Å². The number of amides is 3. The summed E-state index contributed by atoms with van der Waals surface area (Å²) in [7, 11) is 0. The minimum atomic E-state index is -1.11. The van der Waals surface area contributed by atoms with Crippen LogP contribution in [0.1, 0.15) is 86.0 Å². The van der Waals surface area contributed by atoms with E-state index in [9.17, 15) is 18.9 Å². The van der Waals surface area contributed by atoms with Crippen LogP contribution in [-0.2, 0) is 25.6 Å². The van der Waals surface area contributed by atoms with Crippen molar-refractivity contribution in [3.8, 4) is 11.3 Å². The third-order valence-electron chi connectivity index (χ3n) is 8.22. The average Bonchev–Trinajstić information content (AvgIpc) is 3.63. The van der Waals surface area contributed by atoms with Crippen LogP contribution < -0.4 is 10.6 Å². The Morgan fingerprint density at radius 3 is 2.41 bits per heavy atom. The van der Waals surface area contributed by atoms with Crippen molar-refractivity contribution in [2.75, 3.05) is 11.9 Å². The van der Waals surface area contributed by atoms with Crippen LogP contribution in [-0.4, -0.2) is 55.5 Å². The lowest BCUT2D eigenvalue weighted by Gasteiger charge is -2.35. The summed E-state index contributed by atoms with van der Waals surface area (Å²) in [5.41, 5.74) is 1.47. The maximum Gasteiger partial charge on any atom is 0.341 e. The van der Waals surface area contributed by atoms with E-state index >= 15 is 0 Å². The highest BCUT2D eigenvalue weighted by Crippen LogP contribution is 2.39. The topological polar surface area (TPSA) is 112 Å². The Bertz CT molecular complexity index is 1210. The predicted octanol–water partition coefficient (Wildman–Crippen LogP) is 6.10. The number of carbonyl (C=O) groups is 3. The van der Waals surface area contributed by atoms with Gasteiger partial charge in [0.05, 0.1) is 0 Å². The van der Waals surface area contributed by atoms with Crippen LogP contribution in [0, 0.1) is 11.8 Å². The largest absolute Gasteiger partial charge is 0.344 e. The summed E-state index contributed by atoms with van der Waals surface area (Å²) in [6.45, 7) is 10.2. The van der Waals surface area contributed by atoms with E-state index in [1.165, 1.54) is 11.3 Å². The van der Waals surface area contributed by atoms with E-state index in [2.05, 4.69) is 10.6 Å². The number of anilines is 1. The molecule has 1 saturated heterocycles. The normalized spacial score (nSPS) is 20.3. The number of hydrogen-bond acceptors (Lipinski definition) is 6. The van der Waals surface area contributed by atoms with Gasteiger partial charge in [0, 0.05) is 18.0 Å². The molecule has 3 N–H and O–H groups in total. The minimum absolute atomic E-state index is 0.0854. The maximum atomic E-state index is 14.0. The Kier molecular flexibility index (Phi) is 10.5. The molecule has 3 amide bonds. The first-order valence-electron chi connectivity index (χ1n) is 14.9. The molecular weight excluding hydrogens is 556 g/mol. The number of aromatic nitrogens is 1. The first kappa shape index (κ1) is 31.5. The maximum absolute atomic E-state index is 14.0. The van der Waals surface area contributed by atoms with Crippen molar-refractivity contribution in [1.82, 2.24) is 15.2 Å². The standard InChI is InChI=1S/C31H44N4O4S2/c1-6-20(2)26(36)32-25(22-16-11-8-12-17-22)29(38)35-19-13-18-23(35)27(37)34-28-24(21-14-9-7-10-15-21)33-30(40-28)41(39)31(3,4)5/h7,9-10,14-15,20,22-23,25,39H,6,8,11-13,16-19H2,1-5H3,(H-,32,34,36,37)/p+1/t20-,23+,25+,41?/m1/s1. The van der Waals surface area contributed by atoms with Crippen LogP contribution in [0.4, 0.5) is 5.00 Å². The highest BCUT2D eigenvalue weighted by atomic mass is 32.2. The van der Waals surface area contributed by atoms with Gasteiger partial charge in [0.1, 0.15) is 22.8 Å². The number of thiazole rings is 1. The van der Waals surface area contributed by atoms with Crippen molar-refractivity contribution < 1.29 is 18.9 Å². The van der Waals surface area contributed by atoms with Crippen molar-refractivity contribution in [3.63, 3.8) is 0 Å². The number of benzene rings is 1. The highest BCUT2D eigenvalue weighted by molar-refractivity contribution is 7.94. The monoisotopic (exact) mass is 601 g/mol. The van der Waals surface area contributed by atoms with E-state index in [0.717, 1.165) is 44.1 Å². The molecule has 0 spiro atoms. The quantitative estimate of drug-likeness (QED) is 0.301. The van der Waals surface area contributed by atoms with Gasteiger partial charge >= 0.3 is 4.34 Å². The van der Waals surface area contributed by atoms with Gasteiger partial charge in [0.2, 0.25) is 28.9 Å². The fourth-order valence-corrected chi connectivity index (χ4v) is 8.27. The van der Waals surface area contributed by atoms with Crippen LogP contribution in [0.5, 0.6) is 0 Å². The second kappa shape index (κ2) is 13.7. The number of nitrogens with zero attached hydrogens (tertiary/aromatic N) is 2. The molecule has 1 unspecified atom stereocenters. The van der Waals surface area contributed by atoms with E-state index in [4.69, 9.17) is 4.98 Å². The van der Waals surface area contributed by atoms with Crippen molar-refractivity contribution in [2.24, 2.45) is 11.8 Å². The SMILES string of the molecule is CC[C@@H](C)C(=O)N[C@H](C(=O)N1CCC[C@H]1C(=O)Nc1sc([S+](O)C(C)(C)C)nc1-c1ccccc1)C1CCCCC1. The lowest BCUT2D eigenvalue weighted by molar-refractivity contribution is -0.142. The van der Waals surface area contributed by atoms with Crippen molar-refractivity contribution >= 4 is 45.2 Å². The van der Waals surface area contributed by atoms with Crippen LogP contribution >= 0.6 is 11.3 Å². The molecule has 4 atom stereocenters. The zero-order valence-corrected chi connectivity index (χ0v) is 26.6. The van der Waals surface area contributed by atoms with Gasteiger partial charge in [-0.2, -0.15) is 9.54 Å². The molecule has 1 aromatic heterocycles. The van der Waals surface area contributed by atoms with Gasteiger partial charge in [-0.05, 0) is 70.1 Å². The number of nitrogens with one attached hydrogen (secondary N) is 2. The second-order valence-electron chi connectivity index (χ2n) is 12.3. The zero-order valence-electron chi connectivity index (χ0n) is 24.9. The summed E-state index contributed by atoms with van der Waals surface area (Å²) in [6, 6.07) is 8.38. The predicted molar refractivity (Wildman–Crippen MR) is 167 cm³/mol. The molecule has 1 aliphatic carbocycles. The summed E-state index contributed by atoms with van der Waals surface area (Å²) in [4.78, 5) is 47.2. The fraction of sp³-hybridized carbons (Fsp3) is 0.613. The number of likely N-dealkylation sites (tertiary alicyclic amines) is 1. The summed E-state index contributed by atoms with van der Waals surface area (Å²) < 4.78 is 11.2. The van der Waals surface area contributed by atoms with E-state index in [0.29, 0.717) is 34.4 Å². The first-order valence-corrected chi connectivity index (χ1v) is 16.9. The minimum Gasteiger partial charge on any atom is -0.344 e. The smallest absolute Gasteiger partial charge is 0.341 e. The van der Waals surface area contributed by atoms with E-state index in [1.54, 1.807) is 4.90 Å². The highest BCUT2D eigenvalue weighted by Gasteiger charge is 2.43. The van der Waals surface area contributed by atoms with E-state index in [-0.39, 0.29) is 29.6 Å². The van der Waals surface area contributed by atoms with Gasteiger partial charge in [-0.3, -0.25) is 14.4 Å². The van der Waals surface area contributed by atoms with Crippen LogP contribution in [0.25, 0.3) is 11.3 Å². The van der Waals surface area contributed by atoms with Crippen LogP contribution in [0.2, 0.25) is 0 Å². The molecule has 1 aliphatic heterocycles. The van der Waals surface area contributed by atoms with Gasteiger partial charge in [0.25, 0.3) is 0 Å². The molecular formula is C31H45N4O4S2+. The molecule has 2 fully saturated rings. The molecule has 41 heavy (non-hydrogen) atoms. The van der Waals surface area contributed by atoms with Crippen molar-refractivity contribution in [2.45, 2.75) is 107 Å². The molecule has 0 bridgehead atoms. The zero-order chi connectivity index (χ0) is 29.7. The number of rotatable bonds is 9. The second-order valence-corrected chi connectivity index (χ2v) is 15.7. The van der Waals surface area contributed by atoms with E-state index < -0.39 is 28.0 Å². The summed E-state index contributed by atoms with van der Waals surface area (Å²) in [6.07, 6.45) is 7.06. The van der Waals surface area contributed by atoms with Gasteiger partial charge in [-0.15, -0.1) is 0 Å². The molecule has 0 radical (unpaired) electrons. The third-order valence-corrected chi connectivity index (χ3v) is 11.3. The lowest BCUT2D eigenvalue weighted by atomic mass is 9.83. The number of carbonyl (C=O) groups excluding carboxylic acids is 3.